The standard InChI is InChI=1S/C17H32N2O2/c1-17(2,3)21-16(20)19-12-4-6-14(7-5-13-19)15-8-10-18-11-9-15/h14-15,18H,4-13H2,1-3H3. The van der Waals surface area contributed by atoms with Crippen molar-refractivity contribution < 1.29 is 9.53 Å². The molecule has 0 unspecified atom stereocenters. The molecule has 2 heterocycles. The van der Waals surface area contributed by atoms with Crippen LogP contribution in [0.25, 0.3) is 0 Å². The monoisotopic (exact) mass is 296 g/mol. The summed E-state index contributed by atoms with van der Waals surface area (Å²) in [6, 6.07) is 0. The van der Waals surface area contributed by atoms with Gasteiger partial charge in [-0.25, -0.2) is 4.79 Å². The van der Waals surface area contributed by atoms with E-state index in [0.29, 0.717) is 0 Å². The Morgan fingerprint density at radius 2 is 1.52 bits per heavy atom. The number of amides is 1. The second-order valence-corrected chi connectivity index (χ2v) is 7.60. The van der Waals surface area contributed by atoms with Crippen molar-refractivity contribution in [2.24, 2.45) is 11.8 Å². The number of carbonyl (C=O) groups excluding carboxylic acids is 1. The highest BCUT2D eigenvalue weighted by Crippen LogP contribution is 2.31. The molecular weight excluding hydrogens is 264 g/mol. The van der Waals surface area contributed by atoms with Crippen molar-refractivity contribution in [1.29, 1.82) is 0 Å². The van der Waals surface area contributed by atoms with E-state index in [0.717, 1.165) is 37.8 Å². The van der Waals surface area contributed by atoms with Crippen molar-refractivity contribution in [3.63, 3.8) is 0 Å². The summed E-state index contributed by atoms with van der Waals surface area (Å²) in [7, 11) is 0. The van der Waals surface area contributed by atoms with E-state index in [4.69, 9.17) is 4.74 Å². The van der Waals surface area contributed by atoms with Gasteiger partial charge in [0.05, 0.1) is 0 Å². The molecule has 0 aromatic carbocycles. The van der Waals surface area contributed by atoms with Crippen LogP contribution in [0.15, 0.2) is 0 Å². The number of likely N-dealkylation sites (tertiary alicyclic amines) is 1. The predicted molar refractivity (Wildman–Crippen MR) is 85.4 cm³/mol. The lowest BCUT2D eigenvalue weighted by molar-refractivity contribution is 0.0219. The van der Waals surface area contributed by atoms with Crippen LogP contribution in [0.3, 0.4) is 0 Å². The zero-order chi connectivity index (χ0) is 15.3. The molecule has 2 aliphatic rings. The van der Waals surface area contributed by atoms with Crippen LogP contribution in [-0.2, 0) is 4.74 Å². The Balaban J connectivity index is 1.79. The summed E-state index contributed by atoms with van der Waals surface area (Å²) in [4.78, 5) is 14.1. The average molecular weight is 296 g/mol. The van der Waals surface area contributed by atoms with Gasteiger partial charge in [-0.3, -0.25) is 0 Å². The summed E-state index contributed by atoms with van der Waals surface area (Å²) in [5.41, 5.74) is -0.392. The van der Waals surface area contributed by atoms with E-state index in [1.165, 1.54) is 38.8 Å². The number of rotatable bonds is 1. The molecule has 0 radical (unpaired) electrons. The van der Waals surface area contributed by atoms with Crippen LogP contribution in [0.1, 0.15) is 59.3 Å². The van der Waals surface area contributed by atoms with Crippen LogP contribution < -0.4 is 5.32 Å². The minimum absolute atomic E-state index is 0.136. The molecule has 2 fully saturated rings. The number of ether oxygens (including phenoxy) is 1. The van der Waals surface area contributed by atoms with Crippen LogP contribution in [-0.4, -0.2) is 42.8 Å². The maximum atomic E-state index is 12.2. The van der Waals surface area contributed by atoms with Crippen molar-refractivity contribution in [2.45, 2.75) is 64.9 Å². The van der Waals surface area contributed by atoms with Gasteiger partial charge in [0.15, 0.2) is 0 Å². The quantitative estimate of drug-likeness (QED) is 0.806. The summed E-state index contributed by atoms with van der Waals surface area (Å²) in [6.07, 6.45) is 7.30. The molecule has 0 saturated carbocycles. The number of nitrogens with zero attached hydrogens (tertiary/aromatic N) is 1. The molecule has 0 aliphatic carbocycles. The van der Waals surface area contributed by atoms with Gasteiger partial charge in [0.1, 0.15) is 5.60 Å². The predicted octanol–water partition coefficient (Wildman–Crippen LogP) is 3.41. The fourth-order valence-electron chi connectivity index (χ4n) is 3.64. The summed E-state index contributed by atoms with van der Waals surface area (Å²) < 4.78 is 5.50. The van der Waals surface area contributed by atoms with Gasteiger partial charge in [0.2, 0.25) is 0 Å². The topological polar surface area (TPSA) is 41.6 Å². The van der Waals surface area contributed by atoms with E-state index < -0.39 is 5.60 Å². The summed E-state index contributed by atoms with van der Waals surface area (Å²) in [5.74, 6) is 1.77. The highest BCUT2D eigenvalue weighted by atomic mass is 16.6. The molecule has 0 spiro atoms. The van der Waals surface area contributed by atoms with Gasteiger partial charge < -0.3 is 15.0 Å². The number of hydrogen-bond acceptors (Lipinski definition) is 3. The molecule has 21 heavy (non-hydrogen) atoms. The molecule has 0 atom stereocenters. The Kier molecular flexibility index (Phi) is 5.91. The third-order valence-corrected chi connectivity index (χ3v) is 4.71. The second-order valence-electron chi connectivity index (χ2n) is 7.60. The van der Waals surface area contributed by atoms with Crippen LogP contribution in [0.5, 0.6) is 0 Å². The molecule has 4 nitrogen and oxygen atoms in total. The van der Waals surface area contributed by atoms with E-state index in [2.05, 4.69) is 5.32 Å². The molecule has 1 amide bonds. The van der Waals surface area contributed by atoms with Gasteiger partial charge in [-0.05, 0) is 84.2 Å². The van der Waals surface area contributed by atoms with Crippen molar-refractivity contribution >= 4 is 6.09 Å². The van der Waals surface area contributed by atoms with Crippen LogP contribution in [0, 0.1) is 11.8 Å². The molecule has 0 aromatic rings. The maximum Gasteiger partial charge on any atom is 0.410 e. The van der Waals surface area contributed by atoms with E-state index in [1.807, 2.05) is 25.7 Å². The normalized spacial score (nSPS) is 23.5. The van der Waals surface area contributed by atoms with Gasteiger partial charge in [-0.1, -0.05) is 0 Å². The molecule has 1 N–H and O–H groups in total. The minimum atomic E-state index is -0.392. The smallest absolute Gasteiger partial charge is 0.410 e. The first-order chi connectivity index (χ1) is 9.96. The lowest BCUT2D eigenvalue weighted by Gasteiger charge is -2.34. The van der Waals surface area contributed by atoms with E-state index in [9.17, 15) is 4.79 Å². The van der Waals surface area contributed by atoms with Crippen LogP contribution in [0.2, 0.25) is 0 Å². The van der Waals surface area contributed by atoms with Crippen molar-refractivity contribution in [2.75, 3.05) is 26.2 Å². The Labute approximate surface area is 129 Å². The first-order valence-corrected chi connectivity index (χ1v) is 8.64. The SMILES string of the molecule is CC(C)(C)OC(=O)N1CCCC(C2CCNCC2)CCC1. The fraction of sp³-hybridized carbons (Fsp3) is 0.941. The minimum Gasteiger partial charge on any atom is -0.444 e. The van der Waals surface area contributed by atoms with Crippen molar-refractivity contribution in [1.82, 2.24) is 10.2 Å². The first-order valence-electron chi connectivity index (χ1n) is 8.64. The Morgan fingerprint density at radius 1 is 1.00 bits per heavy atom. The zero-order valence-electron chi connectivity index (χ0n) is 14.0. The van der Waals surface area contributed by atoms with Gasteiger partial charge in [0.25, 0.3) is 0 Å². The molecule has 4 heteroatoms. The van der Waals surface area contributed by atoms with Gasteiger partial charge in [0, 0.05) is 13.1 Å². The first kappa shape index (κ1) is 16.6. The summed E-state index contributed by atoms with van der Waals surface area (Å²) in [6.45, 7) is 9.88. The van der Waals surface area contributed by atoms with E-state index >= 15 is 0 Å². The summed E-state index contributed by atoms with van der Waals surface area (Å²) >= 11 is 0. The van der Waals surface area contributed by atoms with Crippen LogP contribution >= 0.6 is 0 Å². The largest absolute Gasteiger partial charge is 0.444 e. The molecule has 122 valence electrons. The van der Waals surface area contributed by atoms with Crippen molar-refractivity contribution in [3.8, 4) is 0 Å². The molecule has 0 bridgehead atoms. The van der Waals surface area contributed by atoms with Gasteiger partial charge in [-0.2, -0.15) is 0 Å². The number of hydrogen-bond donors (Lipinski definition) is 1. The Morgan fingerprint density at radius 3 is 2.05 bits per heavy atom. The average Bonchev–Trinajstić information content (AvgIpc) is 2.37. The highest BCUT2D eigenvalue weighted by Gasteiger charge is 2.27. The lowest BCUT2D eigenvalue weighted by atomic mass is 9.79. The molecule has 0 aromatic heterocycles. The second kappa shape index (κ2) is 7.48. The third-order valence-electron chi connectivity index (χ3n) is 4.71. The van der Waals surface area contributed by atoms with Crippen molar-refractivity contribution in [3.05, 3.63) is 0 Å². The zero-order valence-corrected chi connectivity index (χ0v) is 14.0. The highest BCUT2D eigenvalue weighted by molar-refractivity contribution is 5.68. The third kappa shape index (κ3) is 5.50. The molecule has 2 saturated heterocycles. The number of carbonyl (C=O) groups is 1. The maximum absolute atomic E-state index is 12.2. The number of piperidine rings is 1. The van der Waals surface area contributed by atoms with E-state index in [1.54, 1.807) is 0 Å². The van der Waals surface area contributed by atoms with Gasteiger partial charge in [-0.15, -0.1) is 0 Å². The molecule has 2 rings (SSSR count). The summed E-state index contributed by atoms with van der Waals surface area (Å²) in [5, 5.41) is 3.46. The fourth-order valence-corrected chi connectivity index (χ4v) is 3.64. The molecule has 2 aliphatic heterocycles. The Bertz CT molecular complexity index is 322. The van der Waals surface area contributed by atoms with Gasteiger partial charge >= 0.3 is 6.09 Å². The molecular formula is C17H32N2O2. The lowest BCUT2D eigenvalue weighted by Crippen LogP contribution is -2.40. The van der Waals surface area contributed by atoms with Crippen LogP contribution in [0.4, 0.5) is 4.79 Å². The Hall–Kier alpha value is -0.770. The van der Waals surface area contributed by atoms with E-state index in [-0.39, 0.29) is 6.09 Å². The number of nitrogens with one attached hydrogen (secondary N) is 1.